The summed E-state index contributed by atoms with van der Waals surface area (Å²) in [5.41, 5.74) is 6.47. The number of hydrogen-bond donors (Lipinski definition) is 2. The van der Waals surface area contributed by atoms with Gasteiger partial charge in [-0.15, -0.1) is 0 Å². The highest BCUT2D eigenvalue weighted by molar-refractivity contribution is 5.97. The minimum absolute atomic E-state index is 0.150. The van der Waals surface area contributed by atoms with Gasteiger partial charge in [0.2, 0.25) is 5.91 Å². The molecule has 0 radical (unpaired) electrons. The van der Waals surface area contributed by atoms with Crippen LogP contribution in [0.1, 0.15) is 20.8 Å². The van der Waals surface area contributed by atoms with Crippen molar-refractivity contribution >= 4 is 22.4 Å². The molecule has 2 aromatic rings. The maximum absolute atomic E-state index is 12.1. The smallest absolute Gasteiger partial charge is 0.241 e. The quantitative estimate of drug-likeness (QED) is 0.867. The summed E-state index contributed by atoms with van der Waals surface area (Å²) in [6.07, 6.45) is 0. The van der Waals surface area contributed by atoms with Crippen molar-refractivity contribution < 1.29 is 4.79 Å². The zero-order valence-corrected chi connectivity index (χ0v) is 11.6. The Morgan fingerprint density at radius 1 is 1.11 bits per heavy atom. The van der Waals surface area contributed by atoms with Gasteiger partial charge in [-0.25, -0.2) is 0 Å². The summed E-state index contributed by atoms with van der Waals surface area (Å²) in [4.78, 5) is 12.1. The van der Waals surface area contributed by atoms with Crippen molar-refractivity contribution in [3.05, 3.63) is 42.5 Å². The Kier molecular flexibility index (Phi) is 3.58. The average Bonchev–Trinajstić information content (AvgIpc) is 2.36. The molecular weight excluding hydrogens is 236 g/mol. The van der Waals surface area contributed by atoms with Crippen LogP contribution in [0.5, 0.6) is 0 Å². The van der Waals surface area contributed by atoms with E-state index in [1.54, 1.807) is 0 Å². The van der Waals surface area contributed by atoms with E-state index in [1.165, 1.54) is 0 Å². The number of amides is 1. The first-order chi connectivity index (χ1) is 8.88. The van der Waals surface area contributed by atoms with Gasteiger partial charge in [0, 0.05) is 5.69 Å². The number of rotatable bonds is 2. The Morgan fingerprint density at radius 2 is 1.74 bits per heavy atom. The van der Waals surface area contributed by atoms with Crippen molar-refractivity contribution in [1.82, 2.24) is 0 Å². The molecule has 0 spiro atoms. The molecule has 3 nitrogen and oxygen atoms in total. The van der Waals surface area contributed by atoms with Crippen LogP contribution in [0.25, 0.3) is 10.8 Å². The van der Waals surface area contributed by atoms with Gasteiger partial charge in [0.25, 0.3) is 0 Å². The number of benzene rings is 2. The second kappa shape index (κ2) is 5.02. The second-order valence-corrected chi connectivity index (χ2v) is 5.89. The minimum atomic E-state index is -0.529. The third kappa shape index (κ3) is 3.12. The molecule has 0 saturated heterocycles. The standard InChI is InChI=1S/C16H20N2O/c1-16(2,3)14(17)15(19)18-13-9-8-11-6-4-5-7-12(11)10-13/h4-10,14H,17H2,1-3H3,(H,18,19)/t14-/m1/s1. The molecular formula is C16H20N2O. The summed E-state index contributed by atoms with van der Waals surface area (Å²) in [5, 5.41) is 5.13. The van der Waals surface area contributed by atoms with Gasteiger partial charge in [-0.1, -0.05) is 51.1 Å². The van der Waals surface area contributed by atoms with Crippen molar-refractivity contribution in [3.8, 4) is 0 Å². The van der Waals surface area contributed by atoms with Gasteiger partial charge in [0.1, 0.15) is 0 Å². The zero-order valence-electron chi connectivity index (χ0n) is 11.6. The van der Waals surface area contributed by atoms with E-state index in [0.29, 0.717) is 0 Å². The molecule has 19 heavy (non-hydrogen) atoms. The van der Waals surface area contributed by atoms with Crippen molar-refractivity contribution in [2.45, 2.75) is 26.8 Å². The van der Waals surface area contributed by atoms with Gasteiger partial charge in [0.15, 0.2) is 0 Å². The van der Waals surface area contributed by atoms with Crippen molar-refractivity contribution in [3.63, 3.8) is 0 Å². The van der Waals surface area contributed by atoms with Crippen molar-refractivity contribution in [2.75, 3.05) is 5.32 Å². The van der Waals surface area contributed by atoms with Crippen LogP contribution in [0.15, 0.2) is 42.5 Å². The maximum atomic E-state index is 12.1. The van der Waals surface area contributed by atoms with Crippen LogP contribution < -0.4 is 11.1 Å². The largest absolute Gasteiger partial charge is 0.325 e. The van der Waals surface area contributed by atoms with E-state index in [2.05, 4.69) is 5.32 Å². The van der Waals surface area contributed by atoms with E-state index >= 15 is 0 Å². The van der Waals surface area contributed by atoms with Gasteiger partial charge in [-0.05, 0) is 28.3 Å². The van der Waals surface area contributed by atoms with E-state index in [1.807, 2.05) is 63.2 Å². The molecule has 0 fully saturated rings. The van der Waals surface area contributed by atoms with Crippen LogP contribution in [-0.2, 0) is 4.79 Å². The fraction of sp³-hybridized carbons (Fsp3) is 0.312. The Morgan fingerprint density at radius 3 is 2.37 bits per heavy atom. The third-order valence-electron chi connectivity index (χ3n) is 3.23. The Balaban J connectivity index is 2.20. The summed E-state index contributed by atoms with van der Waals surface area (Å²) in [6, 6.07) is 13.4. The first kappa shape index (κ1) is 13.6. The van der Waals surface area contributed by atoms with Crippen molar-refractivity contribution in [1.29, 1.82) is 0 Å². The van der Waals surface area contributed by atoms with Gasteiger partial charge < -0.3 is 11.1 Å². The molecule has 2 rings (SSSR count). The highest BCUT2D eigenvalue weighted by Crippen LogP contribution is 2.21. The number of nitrogens with one attached hydrogen (secondary N) is 1. The number of fused-ring (bicyclic) bond motifs is 1. The Bertz CT molecular complexity index is 599. The summed E-state index contributed by atoms with van der Waals surface area (Å²) in [7, 11) is 0. The average molecular weight is 256 g/mol. The van der Waals surface area contributed by atoms with Gasteiger partial charge >= 0.3 is 0 Å². The van der Waals surface area contributed by atoms with Gasteiger partial charge in [0.05, 0.1) is 6.04 Å². The van der Waals surface area contributed by atoms with Gasteiger partial charge in [-0.2, -0.15) is 0 Å². The summed E-state index contributed by atoms with van der Waals surface area (Å²) < 4.78 is 0. The minimum Gasteiger partial charge on any atom is -0.325 e. The second-order valence-electron chi connectivity index (χ2n) is 5.89. The molecule has 0 aliphatic carbocycles. The lowest BCUT2D eigenvalue weighted by atomic mass is 9.87. The lowest BCUT2D eigenvalue weighted by Gasteiger charge is -2.25. The molecule has 0 aliphatic heterocycles. The Hall–Kier alpha value is -1.87. The molecule has 1 atom stereocenters. The molecule has 0 heterocycles. The highest BCUT2D eigenvalue weighted by atomic mass is 16.2. The molecule has 3 N–H and O–H groups in total. The lowest BCUT2D eigenvalue weighted by molar-refractivity contribution is -0.119. The summed E-state index contributed by atoms with van der Waals surface area (Å²) in [6.45, 7) is 5.87. The first-order valence-electron chi connectivity index (χ1n) is 6.43. The van der Waals surface area contributed by atoms with Crippen LogP contribution >= 0.6 is 0 Å². The molecule has 100 valence electrons. The number of carbonyl (C=O) groups is 1. The Labute approximate surface area is 113 Å². The maximum Gasteiger partial charge on any atom is 0.241 e. The normalized spacial score (nSPS) is 13.3. The molecule has 2 aromatic carbocycles. The fourth-order valence-corrected chi connectivity index (χ4v) is 1.88. The number of carbonyl (C=O) groups excluding carboxylic acids is 1. The van der Waals surface area contributed by atoms with Crippen LogP contribution in [0.4, 0.5) is 5.69 Å². The molecule has 0 aromatic heterocycles. The number of anilines is 1. The summed E-state index contributed by atoms with van der Waals surface area (Å²) >= 11 is 0. The van der Waals surface area contributed by atoms with E-state index < -0.39 is 6.04 Å². The zero-order chi connectivity index (χ0) is 14.0. The molecule has 0 unspecified atom stereocenters. The van der Waals surface area contributed by atoms with Crippen LogP contribution in [0.2, 0.25) is 0 Å². The lowest BCUT2D eigenvalue weighted by Crippen LogP contribution is -2.45. The van der Waals surface area contributed by atoms with Crippen molar-refractivity contribution in [2.24, 2.45) is 11.1 Å². The SMILES string of the molecule is CC(C)(C)[C@H](N)C(=O)Nc1ccc2ccccc2c1. The third-order valence-corrected chi connectivity index (χ3v) is 3.23. The first-order valence-corrected chi connectivity index (χ1v) is 6.43. The predicted octanol–water partition coefficient (Wildman–Crippen LogP) is 3.15. The summed E-state index contributed by atoms with van der Waals surface area (Å²) in [5.74, 6) is -0.150. The van der Waals surface area contributed by atoms with Crippen LogP contribution in [0, 0.1) is 5.41 Å². The molecule has 0 saturated carbocycles. The highest BCUT2D eigenvalue weighted by Gasteiger charge is 2.27. The molecule has 0 aliphatic rings. The topological polar surface area (TPSA) is 55.1 Å². The fourth-order valence-electron chi connectivity index (χ4n) is 1.88. The molecule has 3 heteroatoms. The number of nitrogens with two attached hydrogens (primary N) is 1. The van der Waals surface area contributed by atoms with E-state index in [-0.39, 0.29) is 11.3 Å². The monoisotopic (exact) mass is 256 g/mol. The molecule has 1 amide bonds. The number of hydrogen-bond acceptors (Lipinski definition) is 2. The van der Waals surface area contributed by atoms with E-state index in [9.17, 15) is 4.79 Å². The van der Waals surface area contributed by atoms with Crippen LogP contribution in [-0.4, -0.2) is 11.9 Å². The van der Waals surface area contributed by atoms with E-state index in [0.717, 1.165) is 16.5 Å². The van der Waals surface area contributed by atoms with Crippen LogP contribution in [0.3, 0.4) is 0 Å². The predicted molar refractivity (Wildman–Crippen MR) is 80.0 cm³/mol. The van der Waals surface area contributed by atoms with Gasteiger partial charge in [-0.3, -0.25) is 4.79 Å². The molecule has 0 bridgehead atoms. The van der Waals surface area contributed by atoms with E-state index in [4.69, 9.17) is 5.73 Å².